The normalized spacial score (nSPS) is 12.7. The molecule has 0 saturated carbocycles. The van der Waals surface area contributed by atoms with Gasteiger partial charge in [-0.3, -0.25) is 9.59 Å². The quantitative estimate of drug-likeness (QED) is 0.0197. The molecular weight excluding hydrogens is 1070 g/mol. The Labute approximate surface area is 457 Å². The molecule has 7 rings (SSSR count). The average Bonchev–Trinajstić information content (AvgIpc) is 3.41. The number of esters is 2. The monoisotopic (exact) mass is 1130 g/mol. The van der Waals surface area contributed by atoms with Crippen LogP contribution in [0.1, 0.15) is 135 Å². The van der Waals surface area contributed by atoms with Gasteiger partial charge >= 0.3 is 11.9 Å². The van der Waals surface area contributed by atoms with E-state index in [9.17, 15) is 26.4 Å². The summed E-state index contributed by atoms with van der Waals surface area (Å²) in [6, 6.07) is 28.0. The number of benzene rings is 6. The first-order chi connectivity index (χ1) is 36.6. The zero-order valence-corrected chi connectivity index (χ0v) is 47.7. The van der Waals surface area contributed by atoms with Crippen molar-refractivity contribution in [1.82, 2.24) is 4.13 Å². The first kappa shape index (κ1) is 59.1. The average molecular weight is 1130 g/mol. The zero-order valence-electron chi connectivity index (χ0n) is 45.2. The Bertz CT molecular complexity index is 3620. The van der Waals surface area contributed by atoms with Gasteiger partial charge < -0.3 is 19.2 Å². The van der Waals surface area contributed by atoms with Crippen molar-refractivity contribution in [1.29, 1.82) is 0 Å². The molecule has 2 aliphatic rings. The number of carbonyl (C=O) groups excluding carboxylic acids is 2. The summed E-state index contributed by atoms with van der Waals surface area (Å²) in [5.74, 6) is -10.2. The molecule has 5 aromatic carbocycles. The molecule has 0 amide bonds. The lowest BCUT2D eigenvalue weighted by Crippen LogP contribution is -2.33. The lowest BCUT2D eigenvalue weighted by Gasteiger charge is -2.22. The summed E-state index contributed by atoms with van der Waals surface area (Å²) in [7, 11) is -11.4. The Morgan fingerprint density at radius 3 is 1.79 bits per heavy atom. The Kier molecular flexibility index (Phi) is 18.1. The van der Waals surface area contributed by atoms with Crippen LogP contribution in [0.25, 0.3) is 33.4 Å². The first-order valence-electron chi connectivity index (χ1n) is 25.4. The predicted octanol–water partition coefficient (Wildman–Crippen LogP) is 14.7. The van der Waals surface area contributed by atoms with E-state index in [1.54, 1.807) is 57.2 Å². The van der Waals surface area contributed by atoms with Crippen molar-refractivity contribution in [2.24, 2.45) is 4.99 Å². The van der Waals surface area contributed by atoms with E-state index in [2.05, 4.69) is 72.8 Å². The molecule has 0 fully saturated rings. The van der Waals surface area contributed by atoms with Gasteiger partial charge in [0.25, 0.3) is 20.0 Å². The lowest BCUT2D eigenvalue weighted by molar-refractivity contribution is -0.158. The fourth-order valence-corrected chi connectivity index (χ4v) is 13.0. The highest BCUT2D eigenvalue weighted by atomic mass is 32.3. The molecule has 0 aromatic heterocycles. The van der Waals surface area contributed by atoms with Crippen molar-refractivity contribution in [3.05, 3.63) is 148 Å². The molecule has 0 unspecified atom stereocenters. The molecule has 1 aliphatic heterocycles. The van der Waals surface area contributed by atoms with Crippen LogP contribution in [0, 0.1) is 23.3 Å². The summed E-state index contributed by atoms with van der Waals surface area (Å²) in [5.41, 5.74) is 6.66. The van der Waals surface area contributed by atoms with Crippen LogP contribution < -0.4 is 14.8 Å². The summed E-state index contributed by atoms with van der Waals surface area (Å²) in [5, 5.41) is 4.52. The topological polar surface area (TPSA) is 170 Å². The van der Waals surface area contributed by atoms with Gasteiger partial charge in [-0.05, 0) is 97.0 Å². The van der Waals surface area contributed by atoms with Gasteiger partial charge in [0.15, 0.2) is 28.2 Å². The van der Waals surface area contributed by atoms with Gasteiger partial charge in [-0.1, -0.05) is 110 Å². The molecule has 0 saturated heterocycles. The second-order valence-corrected chi connectivity index (χ2v) is 25.6. The molecule has 1 heterocycles. The van der Waals surface area contributed by atoms with Crippen LogP contribution in [0.5, 0.6) is 0 Å². The van der Waals surface area contributed by atoms with Crippen molar-refractivity contribution >= 4 is 71.8 Å². The zero-order chi connectivity index (χ0) is 57.2. The van der Waals surface area contributed by atoms with E-state index >= 15 is 17.6 Å². The van der Waals surface area contributed by atoms with Crippen LogP contribution in [-0.4, -0.2) is 46.7 Å². The standard InChI is InChI=1S/C59H63F4N3O9S3/c1-32(2)38-17-14-18-39(33(3)4)55(38)64-36-22-24-42-45(30-36)74-46-31-37(65-56-40(34(5)6)19-15-20-41(56)35(7)8)23-25-43(46)50(42)44-16-12-13-21-47(44)77(69,70)66-78(71,72)58-53(62)51(60)57(52(61)54(58)63)76-29-28-73-48(67)26-27-49(68)75-59(9,10)11/h12-25,30-35,64,66H,26-29H2,1-11H3/b65-37+. The summed E-state index contributed by atoms with van der Waals surface area (Å²) < 4.78 is 138. The summed E-state index contributed by atoms with van der Waals surface area (Å²) in [6.07, 6.45) is -0.701. The number of rotatable bonds is 19. The minimum absolute atomic E-state index is 0.0634. The SMILES string of the molecule is CC(C)c1cccc(C(C)C)c1/N=c1\ccc2c(-c3ccccc3S(=O)(=O)NS(=O)(=O)c3c(F)c(F)c(SCCOC(=O)CCC(=O)OC(C)(C)C)c(F)c3F)c3ccc(Nc4c(C(C)C)cccc4C(C)C)cc3oc-2c1. The van der Waals surface area contributed by atoms with Gasteiger partial charge in [-0.2, -0.15) is 0 Å². The summed E-state index contributed by atoms with van der Waals surface area (Å²) in [4.78, 5) is 25.1. The molecule has 5 aromatic rings. The van der Waals surface area contributed by atoms with Crippen molar-refractivity contribution < 1.29 is 57.9 Å². The number of anilines is 2. The fraction of sp³-hybridized carbons (Fsp3) is 0.339. The molecular formula is C59H63F4N3O9S3. The Hall–Kier alpha value is -6.54. The number of thioether (sulfide) groups is 1. The van der Waals surface area contributed by atoms with E-state index in [0.29, 0.717) is 22.0 Å². The fourth-order valence-electron chi connectivity index (χ4n) is 8.99. The Balaban J connectivity index is 1.30. The van der Waals surface area contributed by atoms with E-state index in [1.165, 1.54) is 22.3 Å². The molecule has 414 valence electrons. The number of nitrogens with one attached hydrogen (secondary N) is 2. The highest BCUT2D eigenvalue weighted by Gasteiger charge is 2.37. The molecule has 0 bridgehead atoms. The van der Waals surface area contributed by atoms with Crippen LogP contribution in [0.3, 0.4) is 0 Å². The number of hydrogen-bond donors (Lipinski definition) is 2. The lowest BCUT2D eigenvalue weighted by atomic mass is 9.92. The van der Waals surface area contributed by atoms with Crippen LogP contribution in [0.2, 0.25) is 0 Å². The Morgan fingerprint density at radius 2 is 1.22 bits per heavy atom. The highest BCUT2D eigenvalue weighted by molar-refractivity contribution is 8.04. The summed E-state index contributed by atoms with van der Waals surface area (Å²) >= 11 is 0.165. The number of sulfonamides is 2. The molecule has 19 heteroatoms. The van der Waals surface area contributed by atoms with E-state index in [4.69, 9.17) is 18.9 Å². The first-order valence-corrected chi connectivity index (χ1v) is 29.4. The van der Waals surface area contributed by atoms with Gasteiger partial charge in [0.2, 0.25) is 0 Å². The van der Waals surface area contributed by atoms with Crippen molar-refractivity contribution in [2.45, 2.75) is 133 Å². The number of nitrogens with zero attached hydrogens (tertiary/aromatic N) is 1. The summed E-state index contributed by atoms with van der Waals surface area (Å²) in [6.45, 7) is 21.1. The number of para-hydroxylation sites is 2. The van der Waals surface area contributed by atoms with Crippen molar-refractivity contribution in [2.75, 3.05) is 17.7 Å². The van der Waals surface area contributed by atoms with Gasteiger partial charge in [-0.25, -0.2) is 39.4 Å². The van der Waals surface area contributed by atoms with Crippen LogP contribution in [0.15, 0.2) is 121 Å². The second kappa shape index (κ2) is 23.8. The third kappa shape index (κ3) is 13.1. The number of ether oxygens (including phenoxy) is 2. The third-order valence-corrected chi connectivity index (χ3v) is 17.2. The smallest absolute Gasteiger partial charge is 0.306 e. The van der Waals surface area contributed by atoms with E-state index in [0.717, 1.165) is 39.7 Å². The van der Waals surface area contributed by atoms with Crippen LogP contribution in [-0.2, 0) is 39.1 Å². The van der Waals surface area contributed by atoms with Crippen molar-refractivity contribution in [3.8, 4) is 22.5 Å². The van der Waals surface area contributed by atoms with E-state index in [1.807, 2.05) is 24.3 Å². The molecule has 78 heavy (non-hydrogen) atoms. The number of carbonyl (C=O) groups is 2. The minimum atomic E-state index is -5.97. The maximum absolute atomic E-state index is 15.8. The number of hydrogen-bond acceptors (Lipinski definition) is 12. The maximum atomic E-state index is 15.8. The molecule has 0 atom stereocenters. The highest BCUT2D eigenvalue weighted by Crippen LogP contribution is 2.45. The number of fused-ring (bicyclic) bond motifs is 2. The van der Waals surface area contributed by atoms with Crippen molar-refractivity contribution in [3.63, 3.8) is 0 Å². The maximum Gasteiger partial charge on any atom is 0.306 e. The molecule has 1 aliphatic carbocycles. The van der Waals surface area contributed by atoms with E-state index < -0.39 is 87.9 Å². The van der Waals surface area contributed by atoms with Gasteiger partial charge in [0, 0.05) is 51.3 Å². The van der Waals surface area contributed by atoms with E-state index in [-0.39, 0.29) is 70.7 Å². The minimum Gasteiger partial charge on any atom is -0.465 e. The molecule has 0 spiro atoms. The van der Waals surface area contributed by atoms with Crippen LogP contribution in [0.4, 0.5) is 34.6 Å². The largest absolute Gasteiger partial charge is 0.465 e. The Morgan fingerprint density at radius 1 is 0.654 bits per heavy atom. The van der Waals surface area contributed by atoms with Gasteiger partial charge in [0.05, 0.1) is 33.7 Å². The molecule has 12 nitrogen and oxygen atoms in total. The van der Waals surface area contributed by atoms with Gasteiger partial charge in [0.1, 0.15) is 23.6 Å². The molecule has 2 N–H and O–H groups in total. The van der Waals surface area contributed by atoms with Gasteiger partial charge in [-0.15, -0.1) is 15.9 Å². The number of halogens is 4. The third-order valence-electron chi connectivity index (χ3n) is 12.6. The van der Waals surface area contributed by atoms with Crippen LogP contribution >= 0.6 is 11.8 Å². The predicted molar refractivity (Wildman–Crippen MR) is 297 cm³/mol. The second-order valence-electron chi connectivity index (χ2n) is 21.0. The molecule has 0 radical (unpaired) electrons.